The Morgan fingerprint density at radius 1 is 1.08 bits per heavy atom. The number of nitrogens with zero attached hydrogens (tertiary/aromatic N) is 3. The third-order valence-corrected chi connectivity index (χ3v) is 4.83. The molecule has 5 heteroatoms. The molecule has 130 valence electrons. The van der Waals surface area contributed by atoms with E-state index >= 15 is 0 Å². The zero-order chi connectivity index (χ0) is 16.8. The molecule has 1 saturated heterocycles. The molecule has 0 atom stereocenters. The normalized spacial score (nSPS) is 16.2. The summed E-state index contributed by atoms with van der Waals surface area (Å²) in [5.74, 6) is 3.54. The summed E-state index contributed by atoms with van der Waals surface area (Å²) in [6.07, 6.45) is 6.35. The van der Waals surface area contributed by atoms with E-state index in [1.807, 2.05) is 30.5 Å². The average Bonchev–Trinajstić information content (AvgIpc) is 3.04. The number of imidazole rings is 1. The van der Waals surface area contributed by atoms with Crippen molar-refractivity contribution >= 4 is 0 Å². The summed E-state index contributed by atoms with van der Waals surface area (Å²) in [4.78, 5) is 6.82. The van der Waals surface area contributed by atoms with Gasteiger partial charge >= 0.3 is 0 Å². The summed E-state index contributed by atoms with van der Waals surface area (Å²) in [7, 11) is 1.68. The van der Waals surface area contributed by atoms with E-state index in [9.17, 15) is 0 Å². The molecule has 3 rings (SSSR count). The number of aromatic nitrogens is 2. The van der Waals surface area contributed by atoms with Crippen molar-refractivity contribution in [3.05, 3.63) is 42.5 Å². The third-order valence-electron chi connectivity index (χ3n) is 4.83. The van der Waals surface area contributed by atoms with Gasteiger partial charge in [0.1, 0.15) is 17.3 Å². The van der Waals surface area contributed by atoms with Crippen molar-refractivity contribution in [3.8, 4) is 11.5 Å². The number of aryl methyl sites for hydroxylation is 1. The number of hydrogen-bond acceptors (Lipinski definition) is 4. The third kappa shape index (κ3) is 4.51. The molecule has 1 aromatic heterocycles. The largest absolute Gasteiger partial charge is 0.497 e. The first-order valence-electron chi connectivity index (χ1n) is 8.71. The number of rotatable bonds is 7. The molecule has 0 radical (unpaired) electrons. The number of likely N-dealkylation sites (tertiary alicyclic amines) is 1. The lowest BCUT2D eigenvalue weighted by atomic mass is 9.98. The second kappa shape index (κ2) is 8.20. The zero-order valence-electron chi connectivity index (χ0n) is 14.6. The Kier molecular flexibility index (Phi) is 5.75. The number of piperidine rings is 1. The minimum absolute atomic E-state index is 0.651. The number of methoxy groups -OCH3 is 1. The molecule has 2 aromatic rings. The predicted molar refractivity (Wildman–Crippen MR) is 94.6 cm³/mol. The first-order valence-corrected chi connectivity index (χ1v) is 8.71. The molecule has 0 saturated carbocycles. The van der Waals surface area contributed by atoms with Gasteiger partial charge in [-0.1, -0.05) is 0 Å². The fourth-order valence-electron chi connectivity index (χ4n) is 3.15. The van der Waals surface area contributed by atoms with Gasteiger partial charge in [0, 0.05) is 25.5 Å². The lowest BCUT2D eigenvalue weighted by molar-refractivity contribution is 0.138. The Hall–Kier alpha value is -2.01. The second-order valence-corrected chi connectivity index (χ2v) is 6.44. The molecule has 2 heterocycles. The summed E-state index contributed by atoms with van der Waals surface area (Å²) in [5.41, 5.74) is 0. The Balaban J connectivity index is 1.36. The molecule has 0 amide bonds. The molecule has 1 fully saturated rings. The highest BCUT2D eigenvalue weighted by molar-refractivity contribution is 5.31. The van der Waals surface area contributed by atoms with E-state index in [-0.39, 0.29) is 0 Å². The van der Waals surface area contributed by atoms with Crippen molar-refractivity contribution in [2.45, 2.75) is 26.3 Å². The highest BCUT2D eigenvalue weighted by Crippen LogP contribution is 2.21. The van der Waals surface area contributed by atoms with E-state index in [0.717, 1.165) is 50.1 Å². The van der Waals surface area contributed by atoms with Gasteiger partial charge in [0.15, 0.2) is 0 Å². The molecular weight excluding hydrogens is 302 g/mol. The highest BCUT2D eigenvalue weighted by Gasteiger charge is 2.19. The summed E-state index contributed by atoms with van der Waals surface area (Å²) in [6, 6.07) is 7.83. The number of hydrogen-bond donors (Lipinski definition) is 0. The van der Waals surface area contributed by atoms with E-state index in [0.29, 0.717) is 5.92 Å². The quantitative estimate of drug-likeness (QED) is 0.783. The maximum Gasteiger partial charge on any atom is 0.119 e. The van der Waals surface area contributed by atoms with Gasteiger partial charge in [-0.2, -0.15) is 0 Å². The van der Waals surface area contributed by atoms with Crippen molar-refractivity contribution < 1.29 is 9.47 Å². The molecule has 0 N–H and O–H groups in total. The van der Waals surface area contributed by atoms with Crippen LogP contribution in [0.5, 0.6) is 11.5 Å². The Morgan fingerprint density at radius 2 is 1.79 bits per heavy atom. The Morgan fingerprint density at radius 3 is 2.42 bits per heavy atom. The van der Waals surface area contributed by atoms with Gasteiger partial charge < -0.3 is 18.9 Å². The number of benzene rings is 1. The summed E-state index contributed by atoms with van der Waals surface area (Å²) < 4.78 is 13.3. The molecule has 0 unspecified atom stereocenters. The van der Waals surface area contributed by atoms with E-state index < -0.39 is 0 Å². The molecule has 1 aromatic carbocycles. The topological polar surface area (TPSA) is 39.5 Å². The van der Waals surface area contributed by atoms with Crippen LogP contribution in [0, 0.1) is 12.8 Å². The lowest BCUT2D eigenvalue weighted by Gasteiger charge is -2.31. The fraction of sp³-hybridized carbons (Fsp3) is 0.526. The molecule has 1 aliphatic heterocycles. The van der Waals surface area contributed by atoms with Crippen molar-refractivity contribution in [2.75, 3.05) is 33.4 Å². The van der Waals surface area contributed by atoms with Crippen molar-refractivity contribution in [1.29, 1.82) is 0 Å². The van der Waals surface area contributed by atoms with Gasteiger partial charge in [-0.05, 0) is 63.0 Å². The summed E-state index contributed by atoms with van der Waals surface area (Å²) >= 11 is 0. The van der Waals surface area contributed by atoms with Gasteiger partial charge in [-0.15, -0.1) is 0 Å². The van der Waals surface area contributed by atoms with Crippen molar-refractivity contribution in [1.82, 2.24) is 14.5 Å². The lowest BCUT2D eigenvalue weighted by Crippen LogP contribution is -2.37. The maximum absolute atomic E-state index is 5.93. The van der Waals surface area contributed by atoms with E-state index in [1.54, 1.807) is 7.11 Å². The molecule has 0 bridgehead atoms. The SMILES string of the molecule is COc1ccc(OCC2CCN(CCn3ccnc3C)CC2)cc1. The van der Waals surface area contributed by atoms with Crippen LogP contribution in [0.1, 0.15) is 18.7 Å². The standard InChI is InChI=1S/C19H27N3O2/c1-16-20-9-12-22(16)14-13-21-10-7-17(8-11-21)15-24-19-5-3-18(23-2)4-6-19/h3-6,9,12,17H,7-8,10-11,13-15H2,1-2H3. The maximum atomic E-state index is 5.93. The first kappa shape index (κ1) is 16.8. The minimum atomic E-state index is 0.651. The molecule has 1 aliphatic rings. The molecule has 0 spiro atoms. The smallest absolute Gasteiger partial charge is 0.119 e. The van der Waals surface area contributed by atoms with E-state index in [4.69, 9.17) is 9.47 Å². The Bertz CT molecular complexity index is 616. The van der Waals surface area contributed by atoms with Crippen LogP contribution in [0.2, 0.25) is 0 Å². The number of ether oxygens (including phenoxy) is 2. The van der Waals surface area contributed by atoms with Gasteiger partial charge in [0.2, 0.25) is 0 Å². The van der Waals surface area contributed by atoms with E-state index in [2.05, 4.69) is 27.6 Å². The average molecular weight is 329 g/mol. The van der Waals surface area contributed by atoms with Crippen LogP contribution < -0.4 is 9.47 Å². The van der Waals surface area contributed by atoms with Crippen LogP contribution in [0.4, 0.5) is 0 Å². The van der Waals surface area contributed by atoms with Crippen molar-refractivity contribution in [3.63, 3.8) is 0 Å². The predicted octanol–water partition coefficient (Wildman–Crippen LogP) is 2.99. The van der Waals surface area contributed by atoms with Crippen LogP contribution in [0.25, 0.3) is 0 Å². The van der Waals surface area contributed by atoms with Crippen LogP contribution in [0.15, 0.2) is 36.7 Å². The monoisotopic (exact) mass is 329 g/mol. The van der Waals surface area contributed by atoms with Crippen LogP contribution >= 0.6 is 0 Å². The molecule has 5 nitrogen and oxygen atoms in total. The minimum Gasteiger partial charge on any atom is -0.497 e. The summed E-state index contributed by atoms with van der Waals surface area (Å²) in [6.45, 7) is 7.31. The van der Waals surface area contributed by atoms with Gasteiger partial charge in [0.05, 0.1) is 13.7 Å². The van der Waals surface area contributed by atoms with Crippen LogP contribution in [-0.4, -0.2) is 47.8 Å². The van der Waals surface area contributed by atoms with E-state index in [1.165, 1.54) is 12.8 Å². The van der Waals surface area contributed by atoms with Gasteiger partial charge in [-0.25, -0.2) is 4.98 Å². The van der Waals surface area contributed by atoms with Crippen LogP contribution in [0.3, 0.4) is 0 Å². The first-order chi connectivity index (χ1) is 11.7. The molecule has 0 aliphatic carbocycles. The Labute approximate surface area is 144 Å². The van der Waals surface area contributed by atoms with Crippen LogP contribution in [-0.2, 0) is 6.54 Å². The molecule has 24 heavy (non-hydrogen) atoms. The molecular formula is C19H27N3O2. The van der Waals surface area contributed by atoms with Gasteiger partial charge in [0.25, 0.3) is 0 Å². The summed E-state index contributed by atoms with van der Waals surface area (Å²) in [5, 5.41) is 0. The van der Waals surface area contributed by atoms with Gasteiger partial charge in [-0.3, -0.25) is 0 Å². The van der Waals surface area contributed by atoms with Crippen molar-refractivity contribution in [2.24, 2.45) is 5.92 Å². The highest BCUT2D eigenvalue weighted by atomic mass is 16.5. The zero-order valence-corrected chi connectivity index (χ0v) is 14.6. The fourth-order valence-corrected chi connectivity index (χ4v) is 3.15. The second-order valence-electron chi connectivity index (χ2n) is 6.44.